The Balaban J connectivity index is 2.39. The van der Waals surface area contributed by atoms with Gasteiger partial charge in [0, 0.05) is 23.5 Å². The van der Waals surface area contributed by atoms with Crippen molar-refractivity contribution >= 4 is 5.71 Å². The molecule has 0 spiro atoms. The normalized spacial score (nSPS) is 12.3. The molecule has 2 aromatic rings. The van der Waals surface area contributed by atoms with Crippen LogP contribution in [-0.4, -0.2) is 17.8 Å². The zero-order chi connectivity index (χ0) is 14.6. The molecular weight excluding hydrogens is 269 g/mol. The van der Waals surface area contributed by atoms with Gasteiger partial charge in [0.2, 0.25) is 0 Å². The van der Waals surface area contributed by atoms with Crippen molar-refractivity contribution in [2.24, 2.45) is 5.16 Å². The molecule has 0 aliphatic rings. The van der Waals surface area contributed by atoms with Gasteiger partial charge < -0.3 is 4.84 Å². The van der Waals surface area contributed by atoms with Crippen molar-refractivity contribution in [3.63, 3.8) is 0 Å². The summed E-state index contributed by atoms with van der Waals surface area (Å²) in [5.41, 5.74) is 0.903. The quantitative estimate of drug-likeness (QED) is 0.637. The maximum atomic E-state index is 12.5. The van der Waals surface area contributed by atoms with Gasteiger partial charge in [-0.2, -0.15) is 13.2 Å². The molecule has 0 radical (unpaired) electrons. The van der Waals surface area contributed by atoms with Crippen LogP contribution in [0.1, 0.15) is 16.7 Å². The molecule has 0 aliphatic carbocycles. The summed E-state index contributed by atoms with van der Waals surface area (Å²) >= 11 is 0. The summed E-state index contributed by atoms with van der Waals surface area (Å²) in [7, 11) is 1.38. The van der Waals surface area contributed by atoms with Crippen LogP contribution in [0.25, 0.3) is 0 Å². The number of hydrogen-bond donors (Lipinski definition) is 0. The number of rotatable bonds is 3. The molecule has 0 fully saturated rings. The molecule has 1 heterocycles. The van der Waals surface area contributed by atoms with E-state index in [-0.39, 0.29) is 0 Å². The van der Waals surface area contributed by atoms with E-state index in [2.05, 4.69) is 10.1 Å². The molecule has 0 aliphatic heterocycles. The van der Waals surface area contributed by atoms with Crippen LogP contribution in [0.2, 0.25) is 0 Å². The fraction of sp³-hybridized carbons (Fsp3) is 0.143. The van der Waals surface area contributed by atoms with Crippen LogP contribution < -0.4 is 0 Å². The summed E-state index contributed by atoms with van der Waals surface area (Å²) in [5, 5.41) is 3.85. The average Bonchev–Trinajstić information content (AvgIpc) is 2.45. The summed E-state index contributed by atoms with van der Waals surface area (Å²) in [6, 6.07) is 8.20. The van der Waals surface area contributed by atoms with E-state index in [9.17, 15) is 13.2 Å². The number of nitrogens with zero attached hydrogens (tertiary/aromatic N) is 2. The van der Waals surface area contributed by atoms with Crippen LogP contribution in [0.5, 0.6) is 0 Å². The van der Waals surface area contributed by atoms with Gasteiger partial charge in [0.25, 0.3) is 0 Å². The first-order chi connectivity index (χ1) is 9.52. The highest BCUT2D eigenvalue weighted by molar-refractivity contribution is 6.12. The summed E-state index contributed by atoms with van der Waals surface area (Å²) in [6.45, 7) is 0. The van der Waals surface area contributed by atoms with E-state index in [1.165, 1.54) is 19.2 Å². The molecule has 1 aromatic heterocycles. The minimum atomic E-state index is -4.36. The lowest BCUT2D eigenvalue weighted by atomic mass is 10.0. The van der Waals surface area contributed by atoms with Crippen LogP contribution in [0, 0.1) is 0 Å². The van der Waals surface area contributed by atoms with Gasteiger partial charge in [-0.05, 0) is 24.3 Å². The second-order valence-corrected chi connectivity index (χ2v) is 3.94. The molecule has 6 heteroatoms. The molecule has 1 aromatic carbocycles. The van der Waals surface area contributed by atoms with Crippen molar-refractivity contribution in [1.29, 1.82) is 0 Å². The van der Waals surface area contributed by atoms with Crippen molar-refractivity contribution in [3.05, 3.63) is 65.5 Å². The van der Waals surface area contributed by atoms with Gasteiger partial charge in [-0.25, -0.2) is 0 Å². The van der Waals surface area contributed by atoms with E-state index in [4.69, 9.17) is 4.84 Å². The lowest BCUT2D eigenvalue weighted by Gasteiger charge is -2.09. The third-order valence-corrected chi connectivity index (χ3v) is 2.60. The Kier molecular flexibility index (Phi) is 4.02. The summed E-state index contributed by atoms with van der Waals surface area (Å²) < 4.78 is 37.6. The number of oxime groups is 1. The van der Waals surface area contributed by atoms with E-state index in [1.54, 1.807) is 24.5 Å². The third-order valence-electron chi connectivity index (χ3n) is 2.60. The van der Waals surface area contributed by atoms with Crippen molar-refractivity contribution in [1.82, 2.24) is 4.98 Å². The number of aromatic nitrogens is 1. The average molecular weight is 280 g/mol. The number of benzene rings is 1. The Morgan fingerprint density at radius 3 is 2.30 bits per heavy atom. The Bertz CT molecular complexity index is 592. The van der Waals surface area contributed by atoms with Gasteiger partial charge in [0.05, 0.1) is 5.56 Å². The fourth-order valence-electron chi connectivity index (χ4n) is 1.68. The van der Waals surface area contributed by atoms with Crippen molar-refractivity contribution in [3.8, 4) is 0 Å². The van der Waals surface area contributed by atoms with Gasteiger partial charge >= 0.3 is 6.18 Å². The smallest absolute Gasteiger partial charge is 0.399 e. The molecule has 0 atom stereocenters. The molecule has 3 nitrogen and oxygen atoms in total. The molecule has 104 valence electrons. The Hall–Kier alpha value is -2.37. The topological polar surface area (TPSA) is 34.5 Å². The lowest BCUT2D eigenvalue weighted by molar-refractivity contribution is -0.137. The first-order valence-electron chi connectivity index (χ1n) is 5.71. The molecule has 0 saturated heterocycles. The zero-order valence-electron chi connectivity index (χ0n) is 10.6. The van der Waals surface area contributed by atoms with Crippen LogP contribution in [0.3, 0.4) is 0 Å². The second kappa shape index (κ2) is 5.73. The minimum Gasteiger partial charge on any atom is -0.399 e. The van der Waals surface area contributed by atoms with Crippen molar-refractivity contribution in [2.45, 2.75) is 6.18 Å². The van der Waals surface area contributed by atoms with E-state index in [1.807, 2.05) is 0 Å². The SMILES string of the molecule is CO/N=C(/c1ccc(C(F)(F)F)cc1)c1cccnc1. The highest BCUT2D eigenvalue weighted by Gasteiger charge is 2.30. The van der Waals surface area contributed by atoms with Gasteiger partial charge in [0.1, 0.15) is 12.8 Å². The van der Waals surface area contributed by atoms with Gasteiger partial charge in [0.15, 0.2) is 0 Å². The predicted molar refractivity (Wildman–Crippen MR) is 68.3 cm³/mol. The molecule has 20 heavy (non-hydrogen) atoms. The van der Waals surface area contributed by atoms with Crippen LogP contribution in [-0.2, 0) is 11.0 Å². The maximum absolute atomic E-state index is 12.5. The van der Waals surface area contributed by atoms with Crippen LogP contribution in [0.4, 0.5) is 13.2 Å². The third kappa shape index (κ3) is 3.14. The largest absolute Gasteiger partial charge is 0.416 e. The highest BCUT2D eigenvalue weighted by Crippen LogP contribution is 2.29. The molecule has 0 saturated carbocycles. The number of pyridine rings is 1. The van der Waals surface area contributed by atoms with E-state index >= 15 is 0 Å². The summed E-state index contributed by atoms with van der Waals surface area (Å²) in [6.07, 6.45) is -1.19. The van der Waals surface area contributed by atoms with E-state index in [0.29, 0.717) is 16.8 Å². The molecule has 0 unspecified atom stereocenters. The Labute approximate surface area is 113 Å². The number of hydrogen-bond acceptors (Lipinski definition) is 3. The summed E-state index contributed by atoms with van der Waals surface area (Å²) in [5.74, 6) is 0. The van der Waals surface area contributed by atoms with Crippen LogP contribution in [0.15, 0.2) is 53.9 Å². The van der Waals surface area contributed by atoms with Gasteiger partial charge in [-0.3, -0.25) is 4.98 Å². The van der Waals surface area contributed by atoms with Gasteiger partial charge in [-0.15, -0.1) is 0 Å². The zero-order valence-corrected chi connectivity index (χ0v) is 10.6. The molecule has 0 bridgehead atoms. The van der Waals surface area contributed by atoms with Crippen molar-refractivity contribution in [2.75, 3.05) is 7.11 Å². The fourth-order valence-corrected chi connectivity index (χ4v) is 1.68. The number of alkyl halides is 3. The predicted octanol–water partition coefficient (Wildman–Crippen LogP) is 3.50. The highest BCUT2D eigenvalue weighted by atomic mass is 19.4. The Morgan fingerprint density at radius 1 is 1.10 bits per heavy atom. The monoisotopic (exact) mass is 280 g/mol. The van der Waals surface area contributed by atoms with E-state index < -0.39 is 11.7 Å². The molecular formula is C14H11F3N2O. The van der Waals surface area contributed by atoms with E-state index in [0.717, 1.165) is 12.1 Å². The summed E-state index contributed by atoms with van der Waals surface area (Å²) in [4.78, 5) is 8.70. The lowest BCUT2D eigenvalue weighted by Crippen LogP contribution is -2.08. The van der Waals surface area contributed by atoms with Gasteiger partial charge in [-0.1, -0.05) is 17.3 Å². The first-order valence-corrected chi connectivity index (χ1v) is 5.71. The molecule has 2 rings (SSSR count). The molecule has 0 N–H and O–H groups in total. The number of halogens is 3. The first kappa shape index (κ1) is 14.0. The molecule has 0 amide bonds. The standard InChI is InChI=1S/C14H11F3N2O/c1-20-19-13(11-3-2-8-18-9-11)10-4-6-12(7-5-10)14(15,16)17/h2-9H,1H3/b19-13-. The minimum absolute atomic E-state index is 0.425. The van der Waals surface area contributed by atoms with Crippen molar-refractivity contribution < 1.29 is 18.0 Å². The Morgan fingerprint density at radius 2 is 1.80 bits per heavy atom. The maximum Gasteiger partial charge on any atom is 0.416 e. The van der Waals surface area contributed by atoms with Crippen LogP contribution >= 0.6 is 0 Å². The second-order valence-electron chi connectivity index (χ2n) is 3.94.